The Kier molecular flexibility index (Phi) is 2.96. The van der Waals surface area contributed by atoms with E-state index < -0.39 is 0 Å². The Balaban J connectivity index is 2.20. The first-order valence-corrected chi connectivity index (χ1v) is 4.86. The summed E-state index contributed by atoms with van der Waals surface area (Å²) in [4.78, 5) is 10.6. The van der Waals surface area contributed by atoms with Gasteiger partial charge in [0.25, 0.3) is 0 Å². The predicted octanol–water partition coefficient (Wildman–Crippen LogP) is 3.38. The van der Waals surface area contributed by atoms with Crippen molar-refractivity contribution in [3.05, 3.63) is 59.9 Å². The van der Waals surface area contributed by atoms with Gasteiger partial charge in [-0.15, -0.1) is 0 Å². The molecule has 0 saturated heterocycles. The molecule has 0 aliphatic heterocycles. The fourth-order valence-corrected chi connectivity index (χ4v) is 1.39. The lowest BCUT2D eigenvalue weighted by Gasteiger charge is -2.06. The molecule has 80 valence electrons. The summed E-state index contributed by atoms with van der Waals surface area (Å²) < 4.78 is 12.7. The van der Waals surface area contributed by atoms with Gasteiger partial charge < -0.3 is 5.32 Å². The molecule has 2 rings (SSSR count). The second kappa shape index (κ2) is 4.57. The van der Waals surface area contributed by atoms with Gasteiger partial charge in [0.15, 0.2) is 0 Å². The van der Waals surface area contributed by atoms with Crippen LogP contribution in [-0.4, -0.2) is 6.29 Å². The summed E-state index contributed by atoms with van der Waals surface area (Å²) in [5, 5.41) is 3.08. The molecule has 0 saturated carbocycles. The van der Waals surface area contributed by atoms with Gasteiger partial charge in [-0.05, 0) is 36.4 Å². The molecule has 0 aliphatic rings. The molecule has 1 N–H and O–H groups in total. The van der Waals surface area contributed by atoms with Crippen molar-refractivity contribution >= 4 is 17.7 Å². The quantitative estimate of drug-likeness (QED) is 0.795. The number of anilines is 2. The topological polar surface area (TPSA) is 29.1 Å². The van der Waals surface area contributed by atoms with Crippen LogP contribution in [0.2, 0.25) is 0 Å². The minimum absolute atomic E-state index is 0.271. The maximum absolute atomic E-state index is 12.7. The zero-order chi connectivity index (χ0) is 11.4. The second-order valence-electron chi connectivity index (χ2n) is 3.38. The minimum atomic E-state index is -0.271. The van der Waals surface area contributed by atoms with Crippen LogP contribution in [0.3, 0.4) is 0 Å². The summed E-state index contributed by atoms with van der Waals surface area (Å²) in [6.07, 6.45) is 0.788. The van der Waals surface area contributed by atoms with Crippen molar-refractivity contribution in [3.63, 3.8) is 0 Å². The van der Waals surface area contributed by atoms with E-state index in [1.54, 1.807) is 30.3 Å². The fraction of sp³-hybridized carbons (Fsp3) is 0. The van der Waals surface area contributed by atoms with Crippen LogP contribution in [0.4, 0.5) is 15.8 Å². The normalized spacial score (nSPS) is 9.81. The Morgan fingerprint density at radius 2 is 1.75 bits per heavy atom. The lowest BCUT2D eigenvalue weighted by atomic mass is 10.2. The van der Waals surface area contributed by atoms with Crippen molar-refractivity contribution in [2.45, 2.75) is 0 Å². The number of aldehydes is 1. The molecule has 2 aromatic carbocycles. The smallest absolute Gasteiger partial charge is 0.150 e. The fourth-order valence-electron chi connectivity index (χ4n) is 1.39. The van der Waals surface area contributed by atoms with E-state index in [2.05, 4.69) is 5.32 Å². The first-order chi connectivity index (χ1) is 7.78. The number of nitrogens with one attached hydrogen (secondary N) is 1. The summed E-state index contributed by atoms with van der Waals surface area (Å²) >= 11 is 0. The van der Waals surface area contributed by atoms with Crippen LogP contribution in [-0.2, 0) is 0 Å². The highest BCUT2D eigenvalue weighted by atomic mass is 19.1. The Morgan fingerprint density at radius 1 is 1.00 bits per heavy atom. The molecule has 0 amide bonds. The molecule has 0 spiro atoms. The molecule has 2 nitrogen and oxygen atoms in total. The van der Waals surface area contributed by atoms with E-state index >= 15 is 0 Å². The Labute approximate surface area is 92.7 Å². The third kappa shape index (κ3) is 2.45. The zero-order valence-corrected chi connectivity index (χ0v) is 8.48. The maximum atomic E-state index is 12.7. The van der Waals surface area contributed by atoms with Crippen molar-refractivity contribution < 1.29 is 9.18 Å². The van der Waals surface area contributed by atoms with Gasteiger partial charge in [0, 0.05) is 16.9 Å². The van der Waals surface area contributed by atoms with Crippen molar-refractivity contribution in [2.24, 2.45) is 0 Å². The number of halogens is 1. The molecular weight excluding hydrogens is 205 g/mol. The third-order valence-corrected chi connectivity index (χ3v) is 2.16. The van der Waals surface area contributed by atoms with E-state index in [4.69, 9.17) is 0 Å². The number of carbonyl (C=O) groups is 1. The lowest BCUT2D eigenvalue weighted by molar-refractivity contribution is 0.112. The van der Waals surface area contributed by atoms with E-state index in [0.29, 0.717) is 5.56 Å². The number of hydrogen-bond donors (Lipinski definition) is 1. The van der Waals surface area contributed by atoms with E-state index in [1.165, 1.54) is 12.1 Å². The summed E-state index contributed by atoms with van der Waals surface area (Å²) in [7, 11) is 0. The molecule has 0 atom stereocenters. The molecular formula is C13H10FNO. The zero-order valence-electron chi connectivity index (χ0n) is 8.48. The first-order valence-electron chi connectivity index (χ1n) is 4.86. The number of benzene rings is 2. The molecule has 0 aliphatic carbocycles. The van der Waals surface area contributed by atoms with E-state index in [9.17, 15) is 9.18 Å². The highest BCUT2D eigenvalue weighted by Crippen LogP contribution is 2.17. The molecule has 0 fully saturated rings. The molecule has 0 aromatic heterocycles. The summed E-state index contributed by atoms with van der Waals surface area (Å²) in [5.74, 6) is -0.271. The second-order valence-corrected chi connectivity index (χ2v) is 3.38. The van der Waals surface area contributed by atoms with Gasteiger partial charge in [-0.2, -0.15) is 0 Å². The van der Waals surface area contributed by atoms with Gasteiger partial charge in [-0.25, -0.2) is 4.39 Å². The Bertz CT molecular complexity index is 494. The van der Waals surface area contributed by atoms with Crippen molar-refractivity contribution in [3.8, 4) is 0 Å². The molecule has 2 aromatic rings. The number of rotatable bonds is 3. The van der Waals surface area contributed by atoms with Crippen molar-refractivity contribution in [1.82, 2.24) is 0 Å². The average molecular weight is 215 g/mol. The third-order valence-electron chi connectivity index (χ3n) is 2.16. The maximum Gasteiger partial charge on any atom is 0.150 e. The van der Waals surface area contributed by atoms with Gasteiger partial charge in [0.2, 0.25) is 0 Å². The van der Waals surface area contributed by atoms with Crippen molar-refractivity contribution in [1.29, 1.82) is 0 Å². The monoisotopic (exact) mass is 215 g/mol. The highest BCUT2D eigenvalue weighted by molar-refractivity contribution is 5.77. The van der Waals surface area contributed by atoms with Crippen LogP contribution in [0, 0.1) is 5.82 Å². The van der Waals surface area contributed by atoms with Gasteiger partial charge in [0.1, 0.15) is 12.1 Å². The largest absolute Gasteiger partial charge is 0.356 e. The van der Waals surface area contributed by atoms with Crippen LogP contribution in [0.5, 0.6) is 0 Å². The van der Waals surface area contributed by atoms with Crippen LogP contribution in [0.1, 0.15) is 10.4 Å². The summed E-state index contributed by atoms with van der Waals surface area (Å²) in [6, 6.07) is 13.1. The van der Waals surface area contributed by atoms with E-state index in [-0.39, 0.29) is 5.82 Å². The van der Waals surface area contributed by atoms with Crippen LogP contribution in [0.25, 0.3) is 0 Å². The van der Waals surface area contributed by atoms with E-state index in [1.807, 2.05) is 6.07 Å². The van der Waals surface area contributed by atoms with Gasteiger partial charge in [-0.3, -0.25) is 4.79 Å². The van der Waals surface area contributed by atoms with Crippen LogP contribution < -0.4 is 5.32 Å². The molecule has 0 radical (unpaired) electrons. The van der Waals surface area contributed by atoms with Gasteiger partial charge in [-0.1, -0.05) is 12.1 Å². The van der Waals surface area contributed by atoms with Crippen LogP contribution >= 0.6 is 0 Å². The van der Waals surface area contributed by atoms with Crippen LogP contribution in [0.15, 0.2) is 48.5 Å². The Hall–Kier alpha value is -2.16. The SMILES string of the molecule is O=Cc1cccc(Nc2ccc(F)cc2)c1. The number of hydrogen-bond acceptors (Lipinski definition) is 2. The number of carbonyl (C=O) groups excluding carboxylic acids is 1. The minimum Gasteiger partial charge on any atom is -0.356 e. The summed E-state index contributed by atoms with van der Waals surface area (Å²) in [5.41, 5.74) is 2.19. The van der Waals surface area contributed by atoms with E-state index in [0.717, 1.165) is 17.7 Å². The molecule has 0 bridgehead atoms. The standard InChI is InChI=1S/C13H10FNO/c14-11-4-6-12(7-5-11)15-13-3-1-2-10(8-13)9-16/h1-9,15H. The van der Waals surface area contributed by atoms with Crippen molar-refractivity contribution in [2.75, 3.05) is 5.32 Å². The summed E-state index contributed by atoms with van der Waals surface area (Å²) in [6.45, 7) is 0. The predicted molar refractivity (Wildman–Crippen MR) is 61.5 cm³/mol. The lowest BCUT2D eigenvalue weighted by Crippen LogP contribution is -1.91. The Morgan fingerprint density at radius 3 is 2.44 bits per heavy atom. The molecule has 16 heavy (non-hydrogen) atoms. The first kappa shape index (κ1) is 10.4. The average Bonchev–Trinajstić information content (AvgIpc) is 2.32. The highest BCUT2D eigenvalue weighted by Gasteiger charge is 1.96. The molecule has 0 unspecified atom stereocenters. The van der Waals surface area contributed by atoms with Gasteiger partial charge in [0.05, 0.1) is 0 Å². The van der Waals surface area contributed by atoms with Gasteiger partial charge >= 0.3 is 0 Å². The molecule has 0 heterocycles. The molecule has 3 heteroatoms.